The third-order valence-electron chi connectivity index (χ3n) is 5.15. The molecule has 2 unspecified atom stereocenters. The maximum atomic E-state index is 12.7. The summed E-state index contributed by atoms with van der Waals surface area (Å²) in [5.74, 6) is 0.218. The van der Waals surface area contributed by atoms with Crippen molar-refractivity contribution in [3.05, 3.63) is 29.3 Å². The number of amides is 1. The highest BCUT2D eigenvalue weighted by atomic mass is 16.3. The molecule has 4 nitrogen and oxygen atoms in total. The number of anilines is 1. The number of nitrogen functional groups attached to an aromatic ring is 1. The number of carbonyl (C=O) groups excluding carboxylic acids is 1. The Morgan fingerprint density at radius 1 is 1.38 bits per heavy atom. The first-order chi connectivity index (χ1) is 9.99. The third kappa shape index (κ3) is 2.64. The maximum Gasteiger partial charge on any atom is 0.255 e. The van der Waals surface area contributed by atoms with Crippen molar-refractivity contribution < 1.29 is 9.90 Å². The zero-order chi connectivity index (χ0) is 15.0. The van der Waals surface area contributed by atoms with Crippen LogP contribution in [0.2, 0.25) is 0 Å². The van der Waals surface area contributed by atoms with Gasteiger partial charge in [-0.1, -0.05) is 18.9 Å². The number of nitrogens with two attached hydrogens (primary N) is 1. The zero-order valence-corrected chi connectivity index (χ0v) is 12.6. The van der Waals surface area contributed by atoms with Crippen LogP contribution < -0.4 is 5.73 Å². The Bertz CT molecular complexity index is 558. The minimum Gasteiger partial charge on any atom is -0.398 e. The predicted octanol–water partition coefficient (Wildman–Crippen LogP) is 2.34. The van der Waals surface area contributed by atoms with E-state index in [0.717, 1.165) is 31.2 Å². The first-order valence-corrected chi connectivity index (χ1v) is 7.87. The van der Waals surface area contributed by atoms with Gasteiger partial charge < -0.3 is 15.7 Å². The molecular formula is C17H24N2O2. The summed E-state index contributed by atoms with van der Waals surface area (Å²) >= 11 is 0. The number of carbonyl (C=O) groups is 1. The summed E-state index contributed by atoms with van der Waals surface area (Å²) in [5, 5.41) is 10.7. The molecule has 4 heteroatoms. The number of fused-ring (bicyclic) bond motifs is 1. The van der Waals surface area contributed by atoms with Gasteiger partial charge in [0, 0.05) is 24.7 Å². The first kappa shape index (κ1) is 14.4. The van der Waals surface area contributed by atoms with E-state index >= 15 is 0 Å². The molecule has 1 aromatic carbocycles. The number of benzene rings is 1. The molecule has 0 radical (unpaired) electrons. The topological polar surface area (TPSA) is 66.6 Å². The molecule has 3 N–H and O–H groups in total. The molecule has 0 bridgehead atoms. The lowest BCUT2D eigenvalue weighted by Crippen LogP contribution is -2.54. The molecule has 1 amide bonds. The van der Waals surface area contributed by atoms with Gasteiger partial charge in [-0.2, -0.15) is 0 Å². The van der Waals surface area contributed by atoms with Crippen molar-refractivity contribution in [1.82, 2.24) is 4.90 Å². The zero-order valence-electron chi connectivity index (χ0n) is 12.6. The largest absolute Gasteiger partial charge is 0.398 e. The Hall–Kier alpha value is -1.55. The van der Waals surface area contributed by atoms with Crippen LogP contribution in [-0.2, 0) is 0 Å². The number of hydrogen-bond acceptors (Lipinski definition) is 3. The van der Waals surface area contributed by atoms with Gasteiger partial charge in [-0.3, -0.25) is 4.79 Å². The van der Waals surface area contributed by atoms with Crippen LogP contribution in [0.5, 0.6) is 0 Å². The summed E-state index contributed by atoms with van der Waals surface area (Å²) in [5.41, 5.74) is 7.63. The molecule has 1 heterocycles. The molecular weight excluding hydrogens is 264 g/mol. The van der Waals surface area contributed by atoms with Crippen LogP contribution in [0.15, 0.2) is 18.2 Å². The fraction of sp³-hybridized carbons (Fsp3) is 0.588. The number of aryl methyl sites for hydroxylation is 1. The molecule has 1 aliphatic carbocycles. The summed E-state index contributed by atoms with van der Waals surface area (Å²) in [6.07, 6.45) is 4.85. The third-order valence-corrected chi connectivity index (χ3v) is 5.15. The van der Waals surface area contributed by atoms with E-state index in [4.69, 9.17) is 5.73 Å². The van der Waals surface area contributed by atoms with Gasteiger partial charge in [0.2, 0.25) is 0 Å². The number of piperidine rings is 1. The van der Waals surface area contributed by atoms with Gasteiger partial charge in [0.1, 0.15) is 0 Å². The molecule has 21 heavy (non-hydrogen) atoms. The molecule has 0 spiro atoms. The Kier molecular flexibility index (Phi) is 3.66. The number of rotatable bonds is 1. The lowest BCUT2D eigenvalue weighted by molar-refractivity contribution is -0.0886. The summed E-state index contributed by atoms with van der Waals surface area (Å²) in [4.78, 5) is 14.5. The van der Waals surface area contributed by atoms with Crippen LogP contribution in [0.25, 0.3) is 0 Å². The summed E-state index contributed by atoms with van der Waals surface area (Å²) < 4.78 is 0. The highest BCUT2D eigenvalue weighted by Crippen LogP contribution is 2.40. The normalized spacial score (nSPS) is 29.0. The fourth-order valence-corrected chi connectivity index (χ4v) is 3.80. The Morgan fingerprint density at radius 2 is 2.19 bits per heavy atom. The van der Waals surface area contributed by atoms with Gasteiger partial charge in [-0.25, -0.2) is 0 Å². The van der Waals surface area contributed by atoms with Crippen molar-refractivity contribution >= 4 is 11.6 Å². The quantitative estimate of drug-likeness (QED) is 0.780. The number of likely N-dealkylation sites (tertiary alicyclic amines) is 1. The maximum absolute atomic E-state index is 12.7. The second kappa shape index (κ2) is 5.34. The van der Waals surface area contributed by atoms with Crippen molar-refractivity contribution in [2.75, 3.05) is 18.8 Å². The Balaban J connectivity index is 1.77. The minimum atomic E-state index is -0.548. The Morgan fingerprint density at radius 3 is 2.95 bits per heavy atom. The fourth-order valence-electron chi connectivity index (χ4n) is 3.80. The standard InChI is InChI=1S/C17H24N2O2/c1-12-5-6-14(15(18)10-12)16(20)19-9-8-17(21)7-3-2-4-13(17)11-19/h5-6,10,13,21H,2-4,7-9,11,18H2,1H3. The second-order valence-electron chi connectivity index (χ2n) is 6.64. The molecule has 114 valence electrons. The van der Waals surface area contributed by atoms with Gasteiger partial charge in [-0.05, 0) is 43.9 Å². The van der Waals surface area contributed by atoms with E-state index in [1.807, 2.05) is 30.0 Å². The average Bonchev–Trinajstić information content (AvgIpc) is 2.45. The average molecular weight is 288 g/mol. The number of hydrogen-bond donors (Lipinski definition) is 2. The summed E-state index contributed by atoms with van der Waals surface area (Å²) in [7, 11) is 0. The molecule has 1 aromatic rings. The molecule has 0 aromatic heterocycles. The van der Waals surface area contributed by atoms with E-state index in [2.05, 4.69) is 0 Å². The molecule has 1 saturated heterocycles. The van der Waals surface area contributed by atoms with Crippen LogP contribution >= 0.6 is 0 Å². The molecule has 2 fully saturated rings. The summed E-state index contributed by atoms with van der Waals surface area (Å²) in [6, 6.07) is 5.58. The second-order valence-corrected chi connectivity index (χ2v) is 6.64. The van der Waals surface area contributed by atoms with Crippen LogP contribution in [0, 0.1) is 12.8 Å². The van der Waals surface area contributed by atoms with Crippen molar-refractivity contribution in [3.8, 4) is 0 Å². The molecule has 1 saturated carbocycles. The van der Waals surface area contributed by atoms with Gasteiger partial charge in [-0.15, -0.1) is 0 Å². The van der Waals surface area contributed by atoms with Crippen LogP contribution in [0.3, 0.4) is 0 Å². The minimum absolute atomic E-state index is 0.000114. The van der Waals surface area contributed by atoms with Gasteiger partial charge in [0.15, 0.2) is 0 Å². The van der Waals surface area contributed by atoms with Gasteiger partial charge in [0.25, 0.3) is 5.91 Å². The van der Waals surface area contributed by atoms with E-state index in [9.17, 15) is 9.90 Å². The van der Waals surface area contributed by atoms with E-state index in [1.165, 1.54) is 0 Å². The lowest BCUT2D eigenvalue weighted by atomic mass is 9.71. The predicted molar refractivity (Wildman–Crippen MR) is 83.0 cm³/mol. The monoisotopic (exact) mass is 288 g/mol. The summed E-state index contributed by atoms with van der Waals surface area (Å²) in [6.45, 7) is 3.25. The van der Waals surface area contributed by atoms with E-state index in [-0.39, 0.29) is 11.8 Å². The van der Waals surface area contributed by atoms with E-state index in [0.29, 0.717) is 30.8 Å². The molecule has 3 rings (SSSR count). The molecule has 1 aliphatic heterocycles. The molecule has 2 atom stereocenters. The van der Waals surface area contributed by atoms with Crippen molar-refractivity contribution in [2.45, 2.75) is 44.6 Å². The smallest absolute Gasteiger partial charge is 0.255 e. The van der Waals surface area contributed by atoms with Crippen molar-refractivity contribution in [2.24, 2.45) is 5.92 Å². The van der Waals surface area contributed by atoms with Crippen LogP contribution in [-0.4, -0.2) is 34.6 Å². The first-order valence-electron chi connectivity index (χ1n) is 7.87. The highest BCUT2D eigenvalue weighted by molar-refractivity contribution is 5.99. The van der Waals surface area contributed by atoms with Gasteiger partial charge >= 0.3 is 0 Å². The van der Waals surface area contributed by atoms with Gasteiger partial charge in [0.05, 0.1) is 11.2 Å². The van der Waals surface area contributed by atoms with Crippen molar-refractivity contribution in [3.63, 3.8) is 0 Å². The van der Waals surface area contributed by atoms with Crippen LogP contribution in [0.1, 0.15) is 48.0 Å². The van der Waals surface area contributed by atoms with E-state index in [1.54, 1.807) is 0 Å². The number of nitrogens with zero attached hydrogens (tertiary/aromatic N) is 1. The van der Waals surface area contributed by atoms with Crippen LogP contribution in [0.4, 0.5) is 5.69 Å². The highest BCUT2D eigenvalue weighted by Gasteiger charge is 2.43. The number of aliphatic hydroxyl groups is 1. The van der Waals surface area contributed by atoms with Crippen molar-refractivity contribution in [1.29, 1.82) is 0 Å². The SMILES string of the molecule is Cc1ccc(C(=O)N2CCC3(O)CCCCC3C2)c(N)c1. The lowest BCUT2D eigenvalue weighted by Gasteiger charge is -2.47. The molecule has 2 aliphatic rings. The van der Waals surface area contributed by atoms with E-state index < -0.39 is 5.60 Å². The Labute approximate surface area is 125 Å².